The molecule has 8 heteroatoms. The zero-order valence-electron chi connectivity index (χ0n) is 11.5. The molecule has 0 aromatic heterocycles. The minimum atomic E-state index is -4.19. The van der Waals surface area contributed by atoms with Gasteiger partial charge in [0.05, 0.1) is 5.75 Å². The maximum atomic E-state index is 11.9. The van der Waals surface area contributed by atoms with Crippen LogP contribution in [0, 0.1) is 0 Å². The van der Waals surface area contributed by atoms with E-state index in [1.807, 2.05) is 0 Å². The van der Waals surface area contributed by atoms with Crippen LogP contribution in [0.3, 0.4) is 0 Å². The third-order valence-electron chi connectivity index (χ3n) is 2.82. The molecule has 4 nitrogen and oxygen atoms in total. The normalized spacial score (nSPS) is 12.6. The molecule has 0 heterocycles. The average molecular weight is 324 g/mol. The number of nitrogens with one attached hydrogen (secondary N) is 1. The van der Waals surface area contributed by atoms with Crippen molar-refractivity contribution in [1.82, 2.24) is 4.72 Å². The van der Waals surface area contributed by atoms with Gasteiger partial charge in [-0.15, -0.1) is 0 Å². The van der Waals surface area contributed by atoms with Gasteiger partial charge in [-0.05, 0) is 24.0 Å². The van der Waals surface area contributed by atoms with Gasteiger partial charge in [-0.3, -0.25) is 0 Å². The van der Waals surface area contributed by atoms with Crippen LogP contribution >= 0.6 is 0 Å². The van der Waals surface area contributed by atoms with Crippen LogP contribution in [0.15, 0.2) is 24.3 Å². The first-order chi connectivity index (χ1) is 9.72. The van der Waals surface area contributed by atoms with E-state index < -0.39 is 22.6 Å². The van der Waals surface area contributed by atoms with Gasteiger partial charge < -0.3 is 5.73 Å². The summed E-state index contributed by atoms with van der Waals surface area (Å²) in [5, 5.41) is 0. The van der Waals surface area contributed by atoms with Gasteiger partial charge in [0.15, 0.2) is 0 Å². The van der Waals surface area contributed by atoms with Gasteiger partial charge in [0.1, 0.15) is 0 Å². The number of nitrogens with two attached hydrogens (primary N) is 1. The van der Waals surface area contributed by atoms with Crippen LogP contribution in [0.25, 0.3) is 0 Å². The quantitative estimate of drug-likeness (QED) is 0.721. The maximum absolute atomic E-state index is 11.9. The molecule has 1 aromatic carbocycles. The standard InChI is InChI=1S/C13H19F3N2O2S/c14-13(15,16)7-1-2-8-18-21(19,20)10-12-5-3-11(9-17)4-6-12/h3-6,18H,1-2,7-10,17H2. The monoisotopic (exact) mass is 324 g/mol. The van der Waals surface area contributed by atoms with Crippen LogP contribution in [0.5, 0.6) is 0 Å². The molecule has 0 aliphatic carbocycles. The second-order valence-electron chi connectivity index (χ2n) is 4.75. The molecule has 0 atom stereocenters. The van der Waals surface area contributed by atoms with Crippen molar-refractivity contribution in [3.05, 3.63) is 35.4 Å². The lowest BCUT2D eigenvalue weighted by Gasteiger charge is -2.08. The van der Waals surface area contributed by atoms with Gasteiger partial charge in [-0.25, -0.2) is 13.1 Å². The number of sulfonamides is 1. The van der Waals surface area contributed by atoms with Crippen molar-refractivity contribution in [1.29, 1.82) is 0 Å². The molecule has 0 spiro atoms. The van der Waals surface area contributed by atoms with Crippen molar-refractivity contribution < 1.29 is 21.6 Å². The Hall–Kier alpha value is -1.12. The highest BCUT2D eigenvalue weighted by molar-refractivity contribution is 7.88. The molecule has 0 bridgehead atoms. The summed E-state index contributed by atoms with van der Waals surface area (Å²) in [5.41, 5.74) is 6.95. The second kappa shape index (κ2) is 7.77. The number of unbranched alkanes of at least 4 members (excludes halogenated alkanes) is 1. The topological polar surface area (TPSA) is 72.2 Å². The molecule has 3 N–H and O–H groups in total. The third kappa shape index (κ3) is 8.03. The summed E-state index contributed by atoms with van der Waals surface area (Å²) in [6.07, 6.45) is -5.01. The first-order valence-electron chi connectivity index (χ1n) is 6.54. The molecule has 1 rings (SSSR count). The molecular formula is C13H19F3N2O2S. The Morgan fingerprint density at radius 3 is 2.14 bits per heavy atom. The Bertz CT molecular complexity index is 527. The minimum Gasteiger partial charge on any atom is -0.326 e. The Morgan fingerprint density at radius 1 is 1.05 bits per heavy atom. The highest BCUT2D eigenvalue weighted by Gasteiger charge is 2.25. The Kier molecular flexibility index (Phi) is 6.63. The number of rotatable bonds is 8. The predicted molar refractivity (Wildman–Crippen MR) is 74.9 cm³/mol. The molecule has 0 saturated heterocycles. The molecule has 21 heavy (non-hydrogen) atoms. The summed E-state index contributed by atoms with van der Waals surface area (Å²) in [5.74, 6) is -0.197. The molecule has 0 radical (unpaired) electrons. The van der Waals surface area contributed by atoms with E-state index in [9.17, 15) is 21.6 Å². The first-order valence-corrected chi connectivity index (χ1v) is 8.19. The number of hydrogen-bond acceptors (Lipinski definition) is 3. The van der Waals surface area contributed by atoms with Crippen LogP contribution in [0.4, 0.5) is 13.2 Å². The molecule has 0 aliphatic heterocycles. The number of alkyl halides is 3. The van der Waals surface area contributed by atoms with Crippen molar-refractivity contribution >= 4 is 10.0 Å². The summed E-state index contributed by atoms with van der Waals surface area (Å²) in [7, 11) is -3.53. The lowest BCUT2D eigenvalue weighted by Crippen LogP contribution is -2.26. The van der Waals surface area contributed by atoms with Gasteiger partial charge in [-0.2, -0.15) is 13.2 Å². The fourth-order valence-electron chi connectivity index (χ4n) is 1.72. The molecule has 0 saturated carbocycles. The van der Waals surface area contributed by atoms with Gasteiger partial charge >= 0.3 is 6.18 Å². The van der Waals surface area contributed by atoms with Crippen LogP contribution in [0.1, 0.15) is 30.4 Å². The summed E-state index contributed by atoms with van der Waals surface area (Å²) >= 11 is 0. The fraction of sp³-hybridized carbons (Fsp3) is 0.538. The Balaban J connectivity index is 2.36. The van der Waals surface area contributed by atoms with E-state index in [-0.39, 0.29) is 25.1 Å². The van der Waals surface area contributed by atoms with E-state index in [4.69, 9.17) is 5.73 Å². The van der Waals surface area contributed by atoms with Crippen LogP contribution in [-0.2, 0) is 22.3 Å². The smallest absolute Gasteiger partial charge is 0.326 e. The van der Waals surface area contributed by atoms with E-state index >= 15 is 0 Å². The highest BCUT2D eigenvalue weighted by atomic mass is 32.2. The summed E-state index contributed by atoms with van der Waals surface area (Å²) in [6, 6.07) is 6.83. The summed E-state index contributed by atoms with van der Waals surface area (Å²) in [4.78, 5) is 0. The van der Waals surface area contributed by atoms with Crippen molar-refractivity contribution in [3.63, 3.8) is 0 Å². The second-order valence-corrected chi connectivity index (χ2v) is 6.55. The average Bonchev–Trinajstić information content (AvgIpc) is 2.37. The van der Waals surface area contributed by atoms with Crippen LogP contribution in [0.2, 0.25) is 0 Å². The highest BCUT2D eigenvalue weighted by Crippen LogP contribution is 2.21. The molecular weight excluding hydrogens is 305 g/mol. The van der Waals surface area contributed by atoms with Crippen molar-refractivity contribution in [3.8, 4) is 0 Å². The SMILES string of the molecule is NCc1ccc(CS(=O)(=O)NCCCCC(F)(F)F)cc1. The molecule has 120 valence electrons. The van der Waals surface area contributed by atoms with E-state index in [1.165, 1.54) is 0 Å². The minimum absolute atomic E-state index is 0.0132. The predicted octanol–water partition coefficient (Wildman–Crippen LogP) is 2.30. The number of benzene rings is 1. The number of hydrogen-bond donors (Lipinski definition) is 2. The Labute approximate surface area is 122 Å². The van der Waals surface area contributed by atoms with Crippen molar-refractivity contribution in [2.45, 2.75) is 37.7 Å². The van der Waals surface area contributed by atoms with E-state index in [1.54, 1.807) is 24.3 Å². The Morgan fingerprint density at radius 2 is 1.62 bits per heavy atom. The van der Waals surface area contributed by atoms with Gasteiger partial charge in [0.2, 0.25) is 10.0 Å². The zero-order valence-corrected chi connectivity index (χ0v) is 12.3. The lowest BCUT2D eigenvalue weighted by atomic mass is 10.1. The van der Waals surface area contributed by atoms with Crippen LogP contribution in [-0.4, -0.2) is 21.1 Å². The molecule has 1 aromatic rings. The van der Waals surface area contributed by atoms with Crippen molar-refractivity contribution in [2.24, 2.45) is 5.73 Å². The van der Waals surface area contributed by atoms with E-state index in [0.717, 1.165) is 5.56 Å². The van der Waals surface area contributed by atoms with Gasteiger partial charge in [0, 0.05) is 19.5 Å². The largest absolute Gasteiger partial charge is 0.389 e. The van der Waals surface area contributed by atoms with E-state index in [0.29, 0.717) is 12.1 Å². The molecule has 0 fully saturated rings. The summed E-state index contributed by atoms with van der Waals surface area (Å²) < 4.78 is 61.6. The van der Waals surface area contributed by atoms with Gasteiger partial charge in [-0.1, -0.05) is 24.3 Å². The van der Waals surface area contributed by atoms with Crippen molar-refractivity contribution in [2.75, 3.05) is 6.54 Å². The fourth-order valence-corrected chi connectivity index (χ4v) is 2.91. The van der Waals surface area contributed by atoms with Crippen LogP contribution < -0.4 is 10.5 Å². The molecule has 0 aliphatic rings. The molecule has 0 amide bonds. The van der Waals surface area contributed by atoms with E-state index in [2.05, 4.69) is 4.72 Å². The summed E-state index contributed by atoms with van der Waals surface area (Å²) in [6.45, 7) is 0.393. The third-order valence-corrected chi connectivity index (χ3v) is 4.18. The molecule has 0 unspecified atom stereocenters. The first kappa shape index (κ1) is 17.9. The van der Waals surface area contributed by atoms with Gasteiger partial charge in [0.25, 0.3) is 0 Å². The maximum Gasteiger partial charge on any atom is 0.389 e. The zero-order chi connectivity index (χ0) is 15.9. The number of halogens is 3. The lowest BCUT2D eigenvalue weighted by molar-refractivity contribution is -0.135.